The number of aromatic nitrogens is 4. The van der Waals surface area contributed by atoms with E-state index in [9.17, 15) is 28.8 Å². The zero-order valence-corrected chi connectivity index (χ0v) is 60.3. The first-order valence-electron chi connectivity index (χ1n) is 34.4. The van der Waals surface area contributed by atoms with Crippen molar-refractivity contribution >= 4 is 106 Å². The monoisotopic (exact) mass is 1490 g/mol. The fourth-order valence-corrected chi connectivity index (χ4v) is 9.98. The standard InChI is InChI=1S/C64H106Cl2N30O8/c65-49-53(71)91-51(69)47(89-49)57(99)93-61(77)83-31-21-41-13-17-43(18-14-41)103-39-37-95(33-7-27-79-55(97)45(67)11-1-3-23-81-59(73)74)35-9-29-87-63(101)85-25-5-6-26-86-64(102)88-30-10-36-96(34-8-28-80-56(98)46(68)12-2-4-24-82-60(75)76)38-40-104-44-19-15-42(16-20-44)22-32-84-62(78)94-58(100)48-52(70)92-54(72)50(66)90-48/h13-20,45-46H,1-12,21-40,67-68H2,(H,79,97)(H,80,98)(H4,69,71,91)(H4,70,72,92)(H4,73,74,81)(H4,75,76,82)(H2,85,87,101)(H2,86,88,102)(H3,77,83,93,99)(H3,78,84,94,100)/t45-,46-/m1/s1. The Morgan fingerprint density at radius 3 is 1.10 bits per heavy atom. The Morgan fingerprint density at radius 2 is 0.750 bits per heavy atom. The van der Waals surface area contributed by atoms with Gasteiger partial charge in [-0.25, -0.2) is 29.5 Å². The van der Waals surface area contributed by atoms with Crippen molar-refractivity contribution in [3.8, 4) is 11.5 Å². The number of carbonyl (C=O) groups is 6. The second kappa shape index (κ2) is 49.4. The summed E-state index contributed by atoms with van der Waals surface area (Å²) in [5.74, 6) is -1.49. The summed E-state index contributed by atoms with van der Waals surface area (Å²) in [6, 6.07) is 13.1. The summed E-state index contributed by atoms with van der Waals surface area (Å²) >= 11 is 11.8. The smallest absolute Gasteiger partial charge is 0.314 e. The number of nitrogen functional groups attached to an aromatic ring is 4. The third kappa shape index (κ3) is 37.1. The zero-order chi connectivity index (χ0) is 76.0. The summed E-state index contributed by atoms with van der Waals surface area (Å²) in [4.78, 5) is 112. The molecule has 0 aliphatic heterocycles. The quantitative estimate of drug-likeness (QED) is 0.0132. The molecule has 0 spiro atoms. The third-order valence-corrected chi connectivity index (χ3v) is 15.9. The molecule has 0 unspecified atom stereocenters. The van der Waals surface area contributed by atoms with Gasteiger partial charge in [0.1, 0.15) is 24.7 Å². The number of rotatable bonds is 49. The van der Waals surface area contributed by atoms with Crippen LogP contribution in [0.2, 0.25) is 10.3 Å². The Bertz CT molecular complexity index is 3200. The predicted octanol–water partition coefficient (Wildman–Crippen LogP) is -1.75. The molecule has 40 heteroatoms. The Hall–Kier alpha value is -10.3. The molecule has 0 aliphatic rings. The van der Waals surface area contributed by atoms with Crippen molar-refractivity contribution < 1.29 is 38.2 Å². The lowest BCUT2D eigenvalue weighted by Gasteiger charge is -2.23. The van der Waals surface area contributed by atoms with Crippen LogP contribution in [0.4, 0.5) is 32.9 Å². The summed E-state index contributed by atoms with van der Waals surface area (Å²) in [5, 5.41) is 21.9. The molecule has 2 heterocycles. The molecule has 4 aromatic rings. The van der Waals surface area contributed by atoms with Crippen LogP contribution in [-0.4, -0.2) is 219 Å². The van der Waals surface area contributed by atoms with Gasteiger partial charge in [-0.1, -0.05) is 47.5 Å². The fourth-order valence-electron chi connectivity index (χ4n) is 9.73. The number of anilines is 4. The number of nitrogens with two attached hydrogens (primary N) is 12. The largest absolute Gasteiger partial charge is 0.492 e. The number of amides is 8. The van der Waals surface area contributed by atoms with E-state index in [1.54, 1.807) is 0 Å². The molecule has 8 amide bonds. The molecule has 0 radical (unpaired) electrons. The van der Waals surface area contributed by atoms with E-state index in [4.69, 9.17) is 101 Å². The van der Waals surface area contributed by atoms with Crippen LogP contribution in [0, 0.1) is 0 Å². The maximum Gasteiger partial charge on any atom is 0.314 e. The first kappa shape index (κ1) is 86.1. The van der Waals surface area contributed by atoms with Gasteiger partial charge in [0.15, 0.2) is 68.8 Å². The predicted molar refractivity (Wildman–Crippen MR) is 405 cm³/mol. The number of unbranched alkanes of at least 4 members (excludes halogenated alkanes) is 3. The van der Waals surface area contributed by atoms with Gasteiger partial charge in [-0.05, 0) is 151 Å². The van der Waals surface area contributed by atoms with Crippen LogP contribution in [0.3, 0.4) is 0 Å². The Morgan fingerprint density at radius 1 is 0.413 bits per heavy atom. The second-order valence-electron chi connectivity index (χ2n) is 23.8. The molecule has 104 heavy (non-hydrogen) atoms. The number of halogens is 2. The number of nitrogens with one attached hydrogen (secondary N) is 8. The Kier molecular flexibility index (Phi) is 40.9. The molecular formula is C64H106Cl2N30O8. The lowest BCUT2D eigenvalue weighted by atomic mass is 10.1. The molecule has 0 aliphatic carbocycles. The van der Waals surface area contributed by atoms with E-state index in [1.807, 2.05) is 48.5 Å². The van der Waals surface area contributed by atoms with Crippen LogP contribution in [0.5, 0.6) is 11.5 Å². The molecule has 0 fully saturated rings. The van der Waals surface area contributed by atoms with Crippen LogP contribution in [0.1, 0.15) is 109 Å². The summed E-state index contributed by atoms with van der Waals surface area (Å²) < 4.78 is 12.2. The number of nitrogens with zero attached hydrogens (tertiary/aromatic N) is 10. The first-order valence-corrected chi connectivity index (χ1v) is 35.1. The summed E-state index contributed by atoms with van der Waals surface area (Å²) in [6.45, 7) is 8.33. The van der Waals surface area contributed by atoms with Gasteiger partial charge >= 0.3 is 12.1 Å². The number of urea groups is 2. The second-order valence-corrected chi connectivity index (χ2v) is 24.5. The first-order chi connectivity index (χ1) is 49.9. The van der Waals surface area contributed by atoms with Gasteiger partial charge in [0.05, 0.1) is 12.1 Å². The highest BCUT2D eigenvalue weighted by Gasteiger charge is 2.20. The number of ether oxygens (including phenoxy) is 2. The number of benzene rings is 2. The van der Waals surface area contributed by atoms with E-state index in [-0.39, 0.29) is 106 Å². The molecule has 2 aromatic heterocycles. The zero-order valence-electron chi connectivity index (χ0n) is 58.8. The Labute approximate surface area is 615 Å². The third-order valence-electron chi connectivity index (χ3n) is 15.3. The highest BCUT2D eigenvalue weighted by molar-refractivity contribution is 6.32. The van der Waals surface area contributed by atoms with Gasteiger partial charge in [-0.15, -0.1) is 0 Å². The normalized spacial score (nSPS) is 12.0. The van der Waals surface area contributed by atoms with Crippen molar-refractivity contribution in [2.75, 3.05) is 141 Å². The molecular weight excluding hydrogens is 1390 g/mol. The summed E-state index contributed by atoms with van der Waals surface area (Å²) in [7, 11) is 0. The van der Waals surface area contributed by atoms with Gasteiger partial charge in [0, 0.05) is 78.5 Å². The summed E-state index contributed by atoms with van der Waals surface area (Å²) in [5.41, 5.74) is 69.8. The number of hydrogen-bond donors (Lipinski definition) is 20. The Balaban J connectivity index is 1.15. The molecule has 32 N–H and O–H groups in total. The molecule has 2 aromatic carbocycles. The van der Waals surface area contributed by atoms with Crippen LogP contribution in [0.15, 0.2) is 68.5 Å². The molecule has 0 saturated carbocycles. The van der Waals surface area contributed by atoms with E-state index in [0.29, 0.717) is 206 Å². The number of carbonyl (C=O) groups excluding carboxylic acids is 6. The minimum atomic E-state index is -0.736. The van der Waals surface area contributed by atoms with Crippen molar-refractivity contribution in [3.05, 3.63) is 81.4 Å². The molecule has 0 bridgehead atoms. The SMILES string of the molecule is NC(N)=NCCCC[C@@H](N)C(=O)NCCCN(CCCNC(=O)NCCCCNC(=O)NCCCN(CCCNC(=O)[C@H](N)CCCCN=C(N)N)CCOc1ccc(CCN=C(N)NC(=O)c2nc(Cl)c(N)nc2N)cc1)CCOc1ccc(CCN=C(N)NC(=O)c2nc(Cl)c(N)nc2N)cc1. The van der Waals surface area contributed by atoms with Crippen LogP contribution >= 0.6 is 23.2 Å². The molecule has 0 saturated heterocycles. The van der Waals surface area contributed by atoms with Crippen molar-refractivity contribution in [2.45, 2.75) is 102 Å². The minimum absolute atomic E-state index is 0.0212. The van der Waals surface area contributed by atoms with Crippen LogP contribution < -0.4 is 121 Å². The fraction of sp³-hybridized carbons (Fsp3) is 0.531. The van der Waals surface area contributed by atoms with Gasteiger partial charge in [-0.2, -0.15) is 0 Å². The average Bonchev–Trinajstić information content (AvgIpc) is 0.842. The van der Waals surface area contributed by atoms with E-state index in [1.165, 1.54) is 0 Å². The van der Waals surface area contributed by atoms with E-state index >= 15 is 0 Å². The van der Waals surface area contributed by atoms with Crippen LogP contribution in [-0.2, 0) is 22.4 Å². The maximum absolute atomic E-state index is 12.8. The van der Waals surface area contributed by atoms with E-state index in [2.05, 4.69) is 92.2 Å². The number of aliphatic imine (C=N–C) groups is 4. The highest BCUT2D eigenvalue weighted by atomic mass is 35.5. The number of hydrogen-bond acceptors (Lipinski definition) is 24. The van der Waals surface area contributed by atoms with Crippen molar-refractivity contribution in [3.63, 3.8) is 0 Å². The number of guanidine groups is 4. The molecule has 38 nitrogen and oxygen atoms in total. The maximum atomic E-state index is 12.8. The van der Waals surface area contributed by atoms with Gasteiger partial charge in [0.2, 0.25) is 11.8 Å². The van der Waals surface area contributed by atoms with Gasteiger partial charge < -0.3 is 110 Å². The molecule has 2 atom stereocenters. The lowest BCUT2D eigenvalue weighted by Crippen LogP contribution is -2.42. The van der Waals surface area contributed by atoms with E-state index in [0.717, 1.165) is 11.1 Å². The molecule has 4 rings (SSSR count). The molecule has 574 valence electrons. The van der Waals surface area contributed by atoms with Gasteiger partial charge in [-0.3, -0.25) is 59.6 Å². The lowest BCUT2D eigenvalue weighted by molar-refractivity contribution is -0.123. The average molecular weight is 1490 g/mol. The summed E-state index contributed by atoms with van der Waals surface area (Å²) in [6.07, 6.45) is 8.65. The van der Waals surface area contributed by atoms with Gasteiger partial charge in [0.25, 0.3) is 11.8 Å². The van der Waals surface area contributed by atoms with Crippen LogP contribution in [0.25, 0.3) is 0 Å². The van der Waals surface area contributed by atoms with E-state index < -0.39 is 23.9 Å². The van der Waals surface area contributed by atoms with Crippen molar-refractivity contribution in [1.29, 1.82) is 0 Å². The van der Waals surface area contributed by atoms with Crippen molar-refractivity contribution in [1.82, 2.24) is 72.3 Å². The highest BCUT2D eigenvalue weighted by Crippen LogP contribution is 2.20. The minimum Gasteiger partial charge on any atom is -0.492 e. The van der Waals surface area contributed by atoms with Crippen molar-refractivity contribution in [2.24, 2.45) is 65.8 Å². The topological polar surface area (TPSA) is 637 Å².